The van der Waals surface area contributed by atoms with Crippen LogP contribution in [0.25, 0.3) is 5.69 Å². The molecule has 0 aliphatic heterocycles. The molecule has 1 unspecified atom stereocenters. The molecule has 1 heterocycles. The molecule has 3 rings (SSSR count). The van der Waals surface area contributed by atoms with Crippen LogP contribution in [0.1, 0.15) is 18.1 Å². The third-order valence-electron chi connectivity index (χ3n) is 4.00. The van der Waals surface area contributed by atoms with E-state index in [1.165, 1.54) is 11.8 Å². The van der Waals surface area contributed by atoms with Gasteiger partial charge in [0.1, 0.15) is 6.33 Å². The van der Waals surface area contributed by atoms with E-state index >= 15 is 0 Å². The van der Waals surface area contributed by atoms with Crippen LogP contribution in [0.15, 0.2) is 53.9 Å². The van der Waals surface area contributed by atoms with Crippen LogP contribution in [0.4, 0.5) is 5.69 Å². The van der Waals surface area contributed by atoms with Crippen LogP contribution in [0.5, 0.6) is 0 Å². The van der Waals surface area contributed by atoms with Crippen molar-refractivity contribution in [3.8, 4) is 5.69 Å². The number of para-hydroxylation sites is 1. The van der Waals surface area contributed by atoms with Gasteiger partial charge in [0.15, 0.2) is 5.16 Å². The number of hydrogen-bond donors (Lipinski definition) is 1. The van der Waals surface area contributed by atoms with E-state index in [4.69, 9.17) is 11.6 Å². The number of carbonyl (C=O) groups excluding carboxylic acids is 1. The Balaban J connectivity index is 1.76. The zero-order chi connectivity index (χ0) is 18.7. The molecule has 3 aromatic rings. The van der Waals surface area contributed by atoms with Crippen molar-refractivity contribution in [2.24, 2.45) is 0 Å². The molecule has 2 aromatic carbocycles. The lowest BCUT2D eigenvalue weighted by Gasteiger charge is -2.14. The fourth-order valence-electron chi connectivity index (χ4n) is 2.48. The highest BCUT2D eigenvalue weighted by Gasteiger charge is 2.19. The van der Waals surface area contributed by atoms with Crippen molar-refractivity contribution in [2.75, 3.05) is 5.32 Å². The number of aryl methyl sites for hydroxylation is 2. The molecule has 134 valence electrons. The topological polar surface area (TPSA) is 59.8 Å². The third kappa shape index (κ3) is 4.08. The Kier molecular flexibility index (Phi) is 5.64. The van der Waals surface area contributed by atoms with Gasteiger partial charge in [0, 0.05) is 10.7 Å². The summed E-state index contributed by atoms with van der Waals surface area (Å²) >= 11 is 7.38. The van der Waals surface area contributed by atoms with Crippen LogP contribution >= 0.6 is 23.4 Å². The Labute approximate surface area is 161 Å². The van der Waals surface area contributed by atoms with Gasteiger partial charge in [0.2, 0.25) is 5.91 Å². The van der Waals surface area contributed by atoms with E-state index in [1.54, 1.807) is 18.5 Å². The molecule has 0 aliphatic carbocycles. The smallest absolute Gasteiger partial charge is 0.237 e. The standard InChI is InChI=1S/C19H19ClN4OS/c1-12-8-9-15(20)10-16(12)22-18(25)14(3)26-19-23-21-11-24(19)17-7-5-4-6-13(17)2/h4-11,14H,1-3H3,(H,22,25). The minimum Gasteiger partial charge on any atom is -0.325 e. The number of thioether (sulfide) groups is 1. The minimum absolute atomic E-state index is 0.111. The Morgan fingerprint density at radius 2 is 1.96 bits per heavy atom. The number of hydrogen-bond acceptors (Lipinski definition) is 4. The van der Waals surface area contributed by atoms with Gasteiger partial charge in [-0.3, -0.25) is 9.36 Å². The summed E-state index contributed by atoms with van der Waals surface area (Å²) in [7, 11) is 0. The Morgan fingerprint density at radius 1 is 1.19 bits per heavy atom. The van der Waals surface area contributed by atoms with Gasteiger partial charge in [-0.25, -0.2) is 0 Å². The summed E-state index contributed by atoms with van der Waals surface area (Å²) in [6, 6.07) is 13.4. The van der Waals surface area contributed by atoms with E-state index in [2.05, 4.69) is 15.5 Å². The second-order valence-corrected chi connectivity index (χ2v) is 7.72. The fraction of sp³-hybridized carbons (Fsp3) is 0.211. The lowest BCUT2D eigenvalue weighted by atomic mass is 10.2. The Morgan fingerprint density at radius 3 is 2.73 bits per heavy atom. The molecule has 0 fully saturated rings. The van der Waals surface area contributed by atoms with Crippen molar-refractivity contribution in [3.05, 3.63) is 64.9 Å². The largest absolute Gasteiger partial charge is 0.325 e. The van der Waals surface area contributed by atoms with Crippen LogP contribution in [0, 0.1) is 13.8 Å². The fourth-order valence-corrected chi connectivity index (χ4v) is 3.49. The van der Waals surface area contributed by atoms with E-state index < -0.39 is 0 Å². The predicted molar refractivity (Wildman–Crippen MR) is 106 cm³/mol. The molecule has 7 heteroatoms. The molecule has 26 heavy (non-hydrogen) atoms. The summed E-state index contributed by atoms with van der Waals surface area (Å²) < 4.78 is 1.90. The Bertz CT molecular complexity index is 941. The van der Waals surface area contributed by atoms with Crippen molar-refractivity contribution >= 4 is 35.0 Å². The molecule has 0 saturated carbocycles. The van der Waals surface area contributed by atoms with Gasteiger partial charge in [0.25, 0.3) is 0 Å². The summed E-state index contributed by atoms with van der Waals surface area (Å²) in [6.45, 7) is 5.80. The van der Waals surface area contributed by atoms with Gasteiger partial charge in [-0.2, -0.15) is 0 Å². The lowest BCUT2D eigenvalue weighted by Crippen LogP contribution is -2.23. The number of rotatable bonds is 5. The number of amides is 1. The predicted octanol–water partition coefficient (Wildman–Crippen LogP) is 4.66. The van der Waals surface area contributed by atoms with E-state index in [-0.39, 0.29) is 11.2 Å². The van der Waals surface area contributed by atoms with Gasteiger partial charge in [-0.15, -0.1) is 10.2 Å². The summed E-state index contributed by atoms with van der Waals surface area (Å²) in [5.41, 5.74) is 3.79. The second kappa shape index (κ2) is 7.93. The molecule has 0 saturated heterocycles. The molecule has 1 amide bonds. The molecule has 0 bridgehead atoms. The molecular weight excluding hydrogens is 368 g/mol. The Hall–Kier alpha value is -2.31. The lowest BCUT2D eigenvalue weighted by molar-refractivity contribution is -0.115. The third-order valence-corrected chi connectivity index (χ3v) is 5.29. The average Bonchev–Trinajstić information content (AvgIpc) is 3.06. The molecule has 1 atom stereocenters. The van der Waals surface area contributed by atoms with E-state index in [9.17, 15) is 4.79 Å². The van der Waals surface area contributed by atoms with Gasteiger partial charge in [0.05, 0.1) is 10.9 Å². The monoisotopic (exact) mass is 386 g/mol. The zero-order valence-corrected chi connectivity index (χ0v) is 16.3. The van der Waals surface area contributed by atoms with Crippen LogP contribution in [-0.2, 0) is 4.79 Å². The average molecular weight is 387 g/mol. The van der Waals surface area contributed by atoms with Gasteiger partial charge >= 0.3 is 0 Å². The van der Waals surface area contributed by atoms with E-state index in [1.807, 2.05) is 55.7 Å². The molecule has 0 aliphatic rings. The van der Waals surface area contributed by atoms with Gasteiger partial charge in [-0.05, 0) is 50.1 Å². The maximum atomic E-state index is 12.6. The number of anilines is 1. The van der Waals surface area contributed by atoms with E-state index in [0.717, 1.165) is 22.5 Å². The SMILES string of the molecule is Cc1ccc(Cl)cc1NC(=O)C(C)Sc1nncn1-c1ccccc1C. The van der Waals surface area contributed by atoms with Crippen LogP contribution in [0.3, 0.4) is 0 Å². The van der Waals surface area contributed by atoms with Crippen molar-refractivity contribution in [1.82, 2.24) is 14.8 Å². The van der Waals surface area contributed by atoms with Crippen molar-refractivity contribution in [2.45, 2.75) is 31.2 Å². The number of carbonyl (C=O) groups is 1. The number of nitrogens with zero attached hydrogens (tertiary/aromatic N) is 3. The van der Waals surface area contributed by atoms with Gasteiger partial charge in [-0.1, -0.05) is 47.6 Å². The molecule has 0 radical (unpaired) electrons. The van der Waals surface area contributed by atoms with Crippen LogP contribution < -0.4 is 5.32 Å². The molecular formula is C19H19ClN4OS. The molecule has 0 spiro atoms. The normalized spacial score (nSPS) is 12.0. The maximum Gasteiger partial charge on any atom is 0.237 e. The first-order valence-corrected chi connectivity index (χ1v) is 9.41. The highest BCUT2D eigenvalue weighted by molar-refractivity contribution is 8.00. The van der Waals surface area contributed by atoms with Crippen LogP contribution in [-0.4, -0.2) is 25.9 Å². The highest BCUT2D eigenvalue weighted by atomic mass is 35.5. The molecule has 5 nitrogen and oxygen atoms in total. The first-order chi connectivity index (χ1) is 12.5. The number of aromatic nitrogens is 3. The maximum absolute atomic E-state index is 12.6. The minimum atomic E-state index is -0.347. The van der Waals surface area contributed by atoms with Crippen molar-refractivity contribution in [1.29, 1.82) is 0 Å². The summed E-state index contributed by atoms with van der Waals surface area (Å²) in [6.07, 6.45) is 1.66. The zero-order valence-electron chi connectivity index (χ0n) is 14.7. The summed E-state index contributed by atoms with van der Waals surface area (Å²) in [4.78, 5) is 12.6. The quantitative estimate of drug-likeness (QED) is 0.648. The summed E-state index contributed by atoms with van der Waals surface area (Å²) in [5.74, 6) is -0.111. The highest BCUT2D eigenvalue weighted by Crippen LogP contribution is 2.27. The van der Waals surface area contributed by atoms with Crippen molar-refractivity contribution in [3.63, 3.8) is 0 Å². The number of nitrogens with one attached hydrogen (secondary N) is 1. The summed E-state index contributed by atoms with van der Waals surface area (Å²) in [5, 5.41) is 12.0. The molecule has 1 N–H and O–H groups in total. The van der Waals surface area contributed by atoms with Crippen molar-refractivity contribution < 1.29 is 4.79 Å². The first kappa shape index (κ1) is 18.5. The molecule has 1 aromatic heterocycles. The number of halogens is 1. The number of benzene rings is 2. The van der Waals surface area contributed by atoms with E-state index in [0.29, 0.717) is 10.2 Å². The van der Waals surface area contributed by atoms with Crippen LogP contribution in [0.2, 0.25) is 5.02 Å². The second-order valence-electron chi connectivity index (χ2n) is 5.98. The first-order valence-electron chi connectivity index (χ1n) is 8.15. The van der Waals surface area contributed by atoms with Gasteiger partial charge < -0.3 is 5.32 Å².